The number of hydrogen-bond donors (Lipinski definition) is 2. The predicted molar refractivity (Wildman–Crippen MR) is 132 cm³/mol. The van der Waals surface area contributed by atoms with Crippen molar-refractivity contribution in [1.82, 2.24) is 0 Å². The lowest BCUT2D eigenvalue weighted by Crippen LogP contribution is -2.52. The molecule has 1 aliphatic rings. The van der Waals surface area contributed by atoms with E-state index in [4.69, 9.17) is 4.74 Å². The number of ether oxygens (including phenoxy) is 1. The van der Waals surface area contributed by atoms with Crippen molar-refractivity contribution in [3.8, 4) is 5.75 Å². The van der Waals surface area contributed by atoms with Crippen LogP contribution < -0.4 is 19.7 Å². The van der Waals surface area contributed by atoms with Gasteiger partial charge in [-0.3, -0.25) is 24.0 Å². The van der Waals surface area contributed by atoms with E-state index >= 15 is 0 Å². The molecule has 0 aromatic heterocycles. The van der Waals surface area contributed by atoms with Crippen LogP contribution in [0.25, 0.3) is 0 Å². The molecular weight excluding hydrogens is 488 g/mol. The summed E-state index contributed by atoms with van der Waals surface area (Å²) in [7, 11) is -4.49. The van der Waals surface area contributed by atoms with E-state index in [1.165, 1.54) is 24.3 Å². The lowest BCUT2D eigenvalue weighted by Gasteiger charge is -2.36. The number of anilines is 3. The van der Waals surface area contributed by atoms with Gasteiger partial charge in [0.25, 0.3) is 15.7 Å². The van der Waals surface area contributed by atoms with Crippen molar-refractivity contribution >= 4 is 44.6 Å². The molecule has 0 aliphatic carbocycles. The fourth-order valence-electron chi connectivity index (χ4n) is 3.83. The Morgan fingerprint density at radius 1 is 1.11 bits per heavy atom. The van der Waals surface area contributed by atoms with Gasteiger partial charge in [-0.25, -0.2) is 8.42 Å². The molecule has 11 nitrogen and oxygen atoms in total. The highest BCUT2D eigenvalue weighted by atomic mass is 32.2. The first kappa shape index (κ1) is 24.7. The standard InChI is InChI=1S/C24H22N4O7S/c1-2-35-22-13-6-4-11-19(22)25-23(29)15-21-24(30)26-18-10-3-5-12-20(18)27(21)36(33,34)17-9-7-8-16(14-17)28(31)32/h3-14,21H,2,15H2,1H3,(H,25,29)(H,26,30)/t21-/m0/s1. The zero-order valence-corrected chi connectivity index (χ0v) is 19.9. The van der Waals surface area contributed by atoms with E-state index in [0.717, 1.165) is 16.4 Å². The van der Waals surface area contributed by atoms with Crippen LogP contribution in [0.1, 0.15) is 13.3 Å². The molecular formula is C24H22N4O7S. The molecule has 0 saturated heterocycles. The molecule has 4 rings (SSSR count). The van der Waals surface area contributed by atoms with Gasteiger partial charge in [-0.05, 0) is 37.3 Å². The molecule has 0 spiro atoms. The number of nitro groups is 1. The molecule has 1 atom stereocenters. The van der Waals surface area contributed by atoms with Crippen molar-refractivity contribution in [1.29, 1.82) is 0 Å². The number of rotatable bonds is 8. The van der Waals surface area contributed by atoms with Crippen LogP contribution in [0.2, 0.25) is 0 Å². The van der Waals surface area contributed by atoms with Crippen LogP contribution in [-0.4, -0.2) is 37.8 Å². The molecule has 36 heavy (non-hydrogen) atoms. The topological polar surface area (TPSA) is 148 Å². The number of nitrogens with zero attached hydrogens (tertiary/aromatic N) is 2. The second-order valence-corrected chi connectivity index (χ2v) is 9.57. The SMILES string of the molecule is CCOc1ccccc1NC(=O)C[C@H]1C(=O)Nc2ccccc2N1S(=O)(=O)c1cccc([N+](=O)[O-])c1. The molecule has 3 aromatic rings. The quantitative estimate of drug-likeness (QED) is 0.348. The van der Waals surface area contributed by atoms with E-state index in [-0.39, 0.29) is 16.3 Å². The molecule has 0 unspecified atom stereocenters. The Morgan fingerprint density at radius 3 is 2.58 bits per heavy atom. The fourth-order valence-corrected chi connectivity index (χ4v) is 5.50. The summed E-state index contributed by atoms with van der Waals surface area (Å²) in [6.45, 7) is 2.16. The zero-order valence-electron chi connectivity index (χ0n) is 19.1. The third kappa shape index (κ3) is 4.84. The molecule has 0 bridgehead atoms. The Morgan fingerprint density at radius 2 is 1.83 bits per heavy atom. The number of benzene rings is 3. The van der Waals surface area contributed by atoms with Crippen LogP contribution in [0.5, 0.6) is 5.75 Å². The number of amides is 2. The average molecular weight is 511 g/mol. The van der Waals surface area contributed by atoms with Gasteiger partial charge in [-0.1, -0.05) is 30.3 Å². The summed E-state index contributed by atoms with van der Waals surface area (Å²) in [4.78, 5) is 36.2. The number of carbonyl (C=O) groups is 2. The first-order chi connectivity index (χ1) is 17.2. The minimum atomic E-state index is -4.49. The fraction of sp³-hybridized carbons (Fsp3) is 0.167. The predicted octanol–water partition coefficient (Wildman–Crippen LogP) is 3.54. The lowest BCUT2D eigenvalue weighted by molar-refractivity contribution is -0.385. The third-order valence-corrected chi connectivity index (χ3v) is 7.23. The highest BCUT2D eigenvalue weighted by Gasteiger charge is 2.42. The molecule has 1 heterocycles. The number of nitrogens with one attached hydrogen (secondary N) is 2. The number of fused-ring (bicyclic) bond motifs is 1. The first-order valence-electron chi connectivity index (χ1n) is 10.9. The molecule has 1 aliphatic heterocycles. The van der Waals surface area contributed by atoms with Crippen LogP contribution in [0, 0.1) is 10.1 Å². The van der Waals surface area contributed by atoms with Crippen LogP contribution in [-0.2, 0) is 19.6 Å². The molecule has 3 aromatic carbocycles. The maximum absolute atomic E-state index is 13.7. The van der Waals surface area contributed by atoms with Crippen LogP contribution in [0.15, 0.2) is 77.7 Å². The minimum absolute atomic E-state index is 0.135. The summed E-state index contributed by atoms with van der Waals surface area (Å²) < 4.78 is 33.8. The summed E-state index contributed by atoms with van der Waals surface area (Å²) >= 11 is 0. The monoisotopic (exact) mass is 510 g/mol. The molecule has 186 valence electrons. The Bertz CT molecular complexity index is 1440. The van der Waals surface area contributed by atoms with Crippen LogP contribution in [0.3, 0.4) is 0 Å². The summed E-state index contributed by atoms with van der Waals surface area (Å²) in [5.74, 6) is -0.912. The average Bonchev–Trinajstić information content (AvgIpc) is 2.85. The second kappa shape index (κ2) is 10.0. The first-order valence-corrected chi connectivity index (χ1v) is 12.4. The Labute approximate surface area is 206 Å². The minimum Gasteiger partial charge on any atom is -0.492 e. The van der Waals surface area contributed by atoms with Gasteiger partial charge in [-0.15, -0.1) is 0 Å². The molecule has 0 fully saturated rings. The van der Waals surface area contributed by atoms with E-state index in [1.807, 2.05) is 0 Å². The number of non-ortho nitro benzene ring substituents is 1. The Hall–Kier alpha value is -4.45. The maximum Gasteiger partial charge on any atom is 0.270 e. The second-order valence-electron chi connectivity index (χ2n) is 7.76. The van der Waals surface area contributed by atoms with Gasteiger partial charge >= 0.3 is 0 Å². The van der Waals surface area contributed by atoms with Gasteiger partial charge in [0.05, 0.1) is 39.9 Å². The normalized spacial score (nSPS) is 15.0. The van der Waals surface area contributed by atoms with Gasteiger partial charge in [0.15, 0.2) is 0 Å². The van der Waals surface area contributed by atoms with Crippen LogP contribution >= 0.6 is 0 Å². The maximum atomic E-state index is 13.7. The molecule has 2 N–H and O–H groups in total. The van der Waals surface area contributed by atoms with Crippen molar-refractivity contribution in [3.63, 3.8) is 0 Å². The lowest BCUT2D eigenvalue weighted by atomic mass is 10.1. The van der Waals surface area contributed by atoms with Crippen molar-refractivity contribution in [2.75, 3.05) is 21.5 Å². The van der Waals surface area contributed by atoms with Gasteiger partial charge in [0.2, 0.25) is 11.8 Å². The highest BCUT2D eigenvalue weighted by molar-refractivity contribution is 7.93. The summed E-state index contributed by atoms with van der Waals surface area (Å²) in [6.07, 6.45) is -0.519. The molecule has 0 saturated carbocycles. The number of nitro benzene ring substituents is 1. The number of sulfonamides is 1. The van der Waals surface area contributed by atoms with Crippen LogP contribution in [0.4, 0.5) is 22.7 Å². The number of para-hydroxylation sites is 4. The molecule has 12 heteroatoms. The van der Waals surface area contributed by atoms with E-state index < -0.39 is 44.9 Å². The highest BCUT2D eigenvalue weighted by Crippen LogP contribution is 2.38. The van der Waals surface area contributed by atoms with E-state index in [9.17, 15) is 28.1 Å². The van der Waals surface area contributed by atoms with Crippen molar-refractivity contribution in [2.24, 2.45) is 0 Å². The van der Waals surface area contributed by atoms with Gasteiger partial charge < -0.3 is 15.4 Å². The van der Waals surface area contributed by atoms with Crippen molar-refractivity contribution in [3.05, 3.63) is 82.9 Å². The van der Waals surface area contributed by atoms with Gasteiger partial charge in [0.1, 0.15) is 11.8 Å². The van der Waals surface area contributed by atoms with Gasteiger partial charge in [0, 0.05) is 12.1 Å². The number of carbonyl (C=O) groups excluding carboxylic acids is 2. The van der Waals surface area contributed by atoms with E-state index in [0.29, 0.717) is 18.0 Å². The largest absolute Gasteiger partial charge is 0.492 e. The molecule has 2 amide bonds. The van der Waals surface area contributed by atoms with Crippen molar-refractivity contribution < 1.29 is 27.7 Å². The van der Waals surface area contributed by atoms with E-state index in [1.54, 1.807) is 43.3 Å². The smallest absolute Gasteiger partial charge is 0.270 e. The Kier molecular flexibility index (Phi) is 6.88. The summed E-state index contributed by atoms with van der Waals surface area (Å²) in [6, 6.07) is 16.0. The third-order valence-electron chi connectivity index (χ3n) is 5.41. The van der Waals surface area contributed by atoms with Gasteiger partial charge in [-0.2, -0.15) is 0 Å². The van der Waals surface area contributed by atoms with E-state index in [2.05, 4.69) is 10.6 Å². The zero-order chi connectivity index (χ0) is 25.9. The summed E-state index contributed by atoms with van der Waals surface area (Å²) in [5, 5.41) is 16.5. The molecule has 0 radical (unpaired) electrons. The Balaban J connectivity index is 1.72. The number of hydrogen-bond acceptors (Lipinski definition) is 7. The van der Waals surface area contributed by atoms with Crippen molar-refractivity contribution in [2.45, 2.75) is 24.3 Å². The summed E-state index contributed by atoms with van der Waals surface area (Å²) in [5.41, 5.74) is 0.313.